The predicted molar refractivity (Wildman–Crippen MR) is 128 cm³/mol. The second kappa shape index (κ2) is 10.1. The van der Waals surface area contributed by atoms with E-state index in [1.54, 1.807) is 36.4 Å². The van der Waals surface area contributed by atoms with E-state index in [-0.39, 0.29) is 18.4 Å². The SMILES string of the molecule is O=C(COc1ccc(NC(=O)C2(c3ccc(Cl)cc3Cl)CCCCC2)cc1)N1CCCC1. The first-order valence-corrected chi connectivity index (χ1v) is 12.0. The first-order valence-electron chi connectivity index (χ1n) is 11.3. The van der Waals surface area contributed by atoms with Crippen LogP contribution in [0.25, 0.3) is 0 Å². The lowest BCUT2D eigenvalue weighted by Gasteiger charge is -2.37. The van der Waals surface area contributed by atoms with Gasteiger partial charge < -0.3 is 15.0 Å². The number of nitrogens with zero attached hydrogens (tertiary/aromatic N) is 1. The average molecular weight is 475 g/mol. The molecule has 4 rings (SSSR count). The van der Waals surface area contributed by atoms with Gasteiger partial charge in [-0.2, -0.15) is 0 Å². The number of hydrogen-bond acceptors (Lipinski definition) is 3. The van der Waals surface area contributed by atoms with Gasteiger partial charge in [-0.25, -0.2) is 0 Å². The van der Waals surface area contributed by atoms with E-state index in [1.807, 2.05) is 11.0 Å². The van der Waals surface area contributed by atoms with E-state index in [0.29, 0.717) is 21.5 Å². The molecule has 2 aliphatic rings. The van der Waals surface area contributed by atoms with Gasteiger partial charge in [0.2, 0.25) is 5.91 Å². The molecule has 2 fully saturated rings. The fraction of sp³-hybridized carbons (Fsp3) is 0.440. The molecule has 2 aromatic carbocycles. The predicted octanol–water partition coefficient (Wildman–Crippen LogP) is 5.84. The summed E-state index contributed by atoms with van der Waals surface area (Å²) in [5, 5.41) is 4.16. The van der Waals surface area contributed by atoms with Crippen LogP contribution in [0.2, 0.25) is 10.0 Å². The van der Waals surface area contributed by atoms with Crippen LogP contribution < -0.4 is 10.1 Å². The molecule has 1 N–H and O–H groups in total. The number of nitrogens with one attached hydrogen (secondary N) is 1. The van der Waals surface area contributed by atoms with Crippen molar-refractivity contribution in [3.05, 3.63) is 58.1 Å². The molecule has 0 bridgehead atoms. The fourth-order valence-corrected chi connectivity index (χ4v) is 5.33. The minimum absolute atomic E-state index is 0.0129. The van der Waals surface area contributed by atoms with Gasteiger partial charge in [-0.1, -0.05) is 48.5 Å². The summed E-state index contributed by atoms with van der Waals surface area (Å²) < 4.78 is 5.64. The van der Waals surface area contributed by atoms with E-state index in [2.05, 4.69) is 5.32 Å². The highest BCUT2D eigenvalue weighted by Crippen LogP contribution is 2.44. The normalized spacial score (nSPS) is 17.8. The smallest absolute Gasteiger partial charge is 0.260 e. The molecule has 2 aromatic rings. The van der Waals surface area contributed by atoms with Crippen molar-refractivity contribution >= 4 is 40.7 Å². The van der Waals surface area contributed by atoms with Crippen LogP contribution in [0.15, 0.2) is 42.5 Å². The zero-order chi connectivity index (χ0) is 22.6. The summed E-state index contributed by atoms with van der Waals surface area (Å²) in [5.74, 6) is 0.557. The second-order valence-electron chi connectivity index (χ2n) is 8.62. The van der Waals surface area contributed by atoms with Crippen LogP contribution >= 0.6 is 23.2 Å². The average Bonchev–Trinajstić information content (AvgIpc) is 3.34. The molecule has 32 heavy (non-hydrogen) atoms. The van der Waals surface area contributed by atoms with Crippen molar-refractivity contribution in [3.63, 3.8) is 0 Å². The minimum Gasteiger partial charge on any atom is -0.484 e. The number of hydrogen-bond donors (Lipinski definition) is 1. The molecule has 170 valence electrons. The largest absolute Gasteiger partial charge is 0.484 e. The summed E-state index contributed by atoms with van der Waals surface area (Å²) in [6.45, 7) is 1.66. The molecular formula is C25H28Cl2N2O3. The summed E-state index contributed by atoms with van der Waals surface area (Å²) in [7, 11) is 0. The molecule has 1 saturated heterocycles. The quantitative estimate of drug-likeness (QED) is 0.572. The highest BCUT2D eigenvalue weighted by Gasteiger charge is 2.42. The number of rotatable bonds is 6. The van der Waals surface area contributed by atoms with Gasteiger partial charge >= 0.3 is 0 Å². The summed E-state index contributed by atoms with van der Waals surface area (Å²) >= 11 is 12.6. The van der Waals surface area contributed by atoms with Crippen molar-refractivity contribution in [2.24, 2.45) is 0 Å². The van der Waals surface area contributed by atoms with Crippen LogP contribution in [-0.2, 0) is 15.0 Å². The summed E-state index contributed by atoms with van der Waals surface area (Å²) in [4.78, 5) is 27.5. The lowest BCUT2D eigenvalue weighted by molar-refractivity contribution is -0.132. The Labute approximate surface area is 199 Å². The fourth-order valence-electron chi connectivity index (χ4n) is 4.74. The minimum atomic E-state index is -0.669. The molecule has 1 heterocycles. The Kier molecular flexibility index (Phi) is 7.27. The van der Waals surface area contributed by atoms with Gasteiger partial charge in [-0.15, -0.1) is 0 Å². The molecule has 2 amide bonds. The number of benzene rings is 2. The van der Waals surface area contributed by atoms with Crippen molar-refractivity contribution in [3.8, 4) is 5.75 Å². The zero-order valence-corrected chi connectivity index (χ0v) is 19.6. The van der Waals surface area contributed by atoms with Crippen LogP contribution in [0, 0.1) is 0 Å². The van der Waals surface area contributed by atoms with Crippen LogP contribution in [0.1, 0.15) is 50.5 Å². The van der Waals surface area contributed by atoms with E-state index in [0.717, 1.165) is 63.6 Å². The Morgan fingerprint density at radius 1 is 0.938 bits per heavy atom. The van der Waals surface area contributed by atoms with Crippen molar-refractivity contribution in [1.82, 2.24) is 4.90 Å². The first kappa shape index (κ1) is 22.9. The van der Waals surface area contributed by atoms with E-state index in [9.17, 15) is 9.59 Å². The molecule has 7 heteroatoms. The molecule has 0 aromatic heterocycles. The highest BCUT2D eigenvalue weighted by molar-refractivity contribution is 6.35. The lowest BCUT2D eigenvalue weighted by Crippen LogP contribution is -2.42. The Morgan fingerprint density at radius 2 is 1.62 bits per heavy atom. The van der Waals surface area contributed by atoms with Crippen molar-refractivity contribution in [2.45, 2.75) is 50.4 Å². The molecule has 0 radical (unpaired) electrons. The van der Waals surface area contributed by atoms with Gasteiger partial charge in [-0.05, 0) is 67.6 Å². The summed E-state index contributed by atoms with van der Waals surface area (Å²) in [5.41, 5.74) is 0.849. The Hall–Kier alpha value is -2.24. The van der Waals surface area contributed by atoms with Crippen LogP contribution in [0.3, 0.4) is 0 Å². The topological polar surface area (TPSA) is 58.6 Å². The number of carbonyl (C=O) groups is 2. The third-order valence-corrected chi connectivity index (χ3v) is 7.07. The third kappa shape index (κ3) is 5.05. The second-order valence-corrected chi connectivity index (χ2v) is 9.47. The maximum absolute atomic E-state index is 13.5. The van der Waals surface area contributed by atoms with Crippen LogP contribution in [0.4, 0.5) is 5.69 Å². The lowest BCUT2D eigenvalue weighted by atomic mass is 9.68. The van der Waals surface area contributed by atoms with Gasteiger partial charge in [0, 0.05) is 28.8 Å². The van der Waals surface area contributed by atoms with Crippen LogP contribution in [-0.4, -0.2) is 36.4 Å². The maximum atomic E-state index is 13.5. The van der Waals surface area contributed by atoms with Gasteiger partial charge in [0.05, 0.1) is 5.41 Å². The third-order valence-electron chi connectivity index (χ3n) is 6.52. The van der Waals surface area contributed by atoms with Crippen molar-refractivity contribution in [2.75, 3.05) is 25.0 Å². The van der Waals surface area contributed by atoms with Crippen molar-refractivity contribution < 1.29 is 14.3 Å². The summed E-state index contributed by atoms with van der Waals surface area (Å²) in [6, 6.07) is 12.5. The first-order chi connectivity index (χ1) is 15.5. The molecule has 5 nitrogen and oxygen atoms in total. The Morgan fingerprint density at radius 3 is 2.28 bits per heavy atom. The molecule has 0 unspecified atom stereocenters. The molecular weight excluding hydrogens is 447 g/mol. The molecule has 1 aliphatic heterocycles. The number of ether oxygens (including phenoxy) is 1. The molecule has 0 atom stereocenters. The van der Waals surface area contributed by atoms with Gasteiger partial charge in [0.15, 0.2) is 6.61 Å². The van der Waals surface area contributed by atoms with E-state index in [4.69, 9.17) is 27.9 Å². The number of halogens is 2. The molecule has 1 aliphatic carbocycles. The number of likely N-dealkylation sites (tertiary alicyclic amines) is 1. The Balaban J connectivity index is 1.43. The molecule has 1 saturated carbocycles. The molecule has 0 spiro atoms. The highest BCUT2D eigenvalue weighted by atomic mass is 35.5. The van der Waals surface area contributed by atoms with E-state index >= 15 is 0 Å². The van der Waals surface area contributed by atoms with Crippen LogP contribution in [0.5, 0.6) is 5.75 Å². The maximum Gasteiger partial charge on any atom is 0.260 e. The van der Waals surface area contributed by atoms with E-state index < -0.39 is 5.41 Å². The monoisotopic (exact) mass is 474 g/mol. The zero-order valence-electron chi connectivity index (χ0n) is 18.0. The van der Waals surface area contributed by atoms with Gasteiger partial charge in [0.25, 0.3) is 5.91 Å². The number of amides is 2. The van der Waals surface area contributed by atoms with E-state index in [1.165, 1.54) is 0 Å². The van der Waals surface area contributed by atoms with Gasteiger partial charge in [-0.3, -0.25) is 9.59 Å². The van der Waals surface area contributed by atoms with Gasteiger partial charge in [0.1, 0.15) is 5.75 Å². The van der Waals surface area contributed by atoms with Crippen molar-refractivity contribution in [1.29, 1.82) is 0 Å². The standard InChI is InChI=1S/C25H28Cl2N2O3/c26-18-6-11-21(22(27)16-18)25(12-2-1-3-13-25)24(31)28-19-7-9-20(10-8-19)32-17-23(30)29-14-4-5-15-29/h6-11,16H,1-5,12-15,17H2,(H,28,31). The summed E-state index contributed by atoms with van der Waals surface area (Å²) in [6.07, 6.45) is 6.68. The Bertz CT molecular complexity index is 966. The number of anilines is 1. The number of carbonyl (C=O) groups excluding carboxylic acids is 2.